The van der Waals surface area contributed by atoms with Crippen LogP contribution in [0, 0.1) is 0 Å². The van der Waals surface area contributed by atoms with Crippen molar-refractivity contribution < 1.29 is 0 Å². The number of unbranched alkanes of at least 4 members (excludes halogenated alkanes) is 18. The van der Waals surface area contributed by atoms with Crippen molar-refractivity contribution in [1.29, 1.82) is 0 Å². The standard InChI is InChI=1S/C60H72Cl2S8/c1-5-9-11-13-15-17-19-21-23-25-27-43-40-56(61)70-59(43)52-36-34-48(66-52)45-29-31-49(63-45)53-37-41(7-3)58(67-53)55-38-42(8-4)57(68-55)51-35-33-47(65-51)46-30-32-50(64-46)54-39-44(60(62)69-54)28-26-24-22-20-18-16-14-12-10-6-2/h29-40H,5-28H2,1-4H3. The maximum atomic E-state index is 6.84. The third-order valence-corrected chi connectivity index (χ3v) is 24.3. The lowest BCUT2D eigenvalue weighted by Crippen LogP contribution is -1.86. The van der Waals surface area contributed by atoms with Crippen LogP contribution in [0.25, 0.3) is 68.3 Å². The first kappa shape index (κ1) is 54.4. The monoisotopic (exact) mass is 1120 g/mol. The van der Waals surface area contributed by atoms with E-state index in [1.807, 2.05) is 68.0 Å². The van der Waals surface area contributed by atoms with Crippen LogP contribution in [-0.2, 0) is 25.7 Å². The average Bonchev–Trinajstić information content (AvgIpc) is 4.22. The number of hydrogen-bond donors (Lipinski definition) is 0. The molecule has 8 rings (SSSR count). The molecule has 0 fully saturated rings. The predicted molar refractivity (Wildman–Crippen MR) is 327 cm³/mol. The molecular formula is C60H72Cl2S8. The topological polar surface area (TPSA) is 0 Å². The van der Waals surface area contributed by atoms with E-state index in [1.165, 1.54) is 219 Å². The van der Waals surface area contributed by atoms with E-state index in [4.69, 9.17) is 23.2 Å². The van der Waals surface area contributed by atoms with Gasteiger partial charge in [0.25, 0.3) is 0 Å². The molecule has 0 saturated carbocycles. The highest BCUT2D eigenvalue weighted by molar-refractivity contribution is 7.32. The molecule has 0 aliphatic carbocycles. The number of rotatable bonds is 31. The van der Waals surface area contributed by atoms with Crippen LogP contribution < -0.4 is 0 Å². The second kappa shape index (κ2) is 28.2. The normalized spacial score (nSPS) is 11.8. The molecule has 0 atom stereocenters. The zero-order chi connectivity index (χ0) is 48.7. The Labute approximate surface area is 463 Å². The maximum absolute atomic E-state index is 6.84. The molecule has 0 unspecified atom stereocenters. The molecule has 0 spiro atoms. The van der Waals surface area contributed by atoms with E-state index in [-0.39, 0.29) is 0 Å². The smallest absolute Gasteiger partial charge is 0.0967 e. The van der Waals surface area contributed by atoms with Crippen LogP contribution in [-0.4, -0.2) is 0 Å². The molecule has 8 aromatic rings. The van der Waals surface area contributed by atoms with E-state index in [0.29, 0.717) is 0 Å². The predicted octanol–water partition coefficient (Wildman–Crippen LogP) is 25.2. The zero-order valence-corrected chi connectivity index (χ0v) is 50.0. The Morgan fingerprint density at radius 3 is 1.09 bits per heavy atom. The van der Waals surface area contributed by atoms with E-state index in [9.17, 15) is 0 Å². The van der Waals surface area contributed by atoms with Gasteiger partial charge in [0.2, 0.25) is 0 Å². The van der Waals surface area contributed by atoms with Gasteiger partial charge in [-0.15, -0.1) is 90.7 Å². The molecule has 0 amide bonds. The highest BCUT2D eigenvalue weighted by Gasteiger charge is 2.21. The van der Waals surface area contributed by atoms with Gasteiger partial charge in [0.1, 0.15) is 0 Å². The van der Waals surface area contributed by atoms with E-state index >= 15 is 0 Å². The van der Waals surface area contributed by atoms with Crippen LogP contribution in [0.5, 0.6) is 0 Å². The van der Waals surface area contributed by atoms with Crippen molar-refractivity contribution in [3.8, 4) is 68.3 Å². The first-order valence-electron chi connectivity index (χ1n) is 26.6. The van der Waals surface area contributed by atoms with Gasteiger partial charge in [0, 0.05) is 68.3 Å². The molecule has 0 bridgehead atoms. The van der Waals surface area contributed by atoms with Crippen LogP contribution in [0.15, 0.2) is 72.8 Å². The van der Waals surface area contributed by atoms with Crippen LogP contribution >= 0.6 is 114 Å². The van der Waals surface area contributed by atoms with Crippen molar-refractivity contribution >= 4 is 114 Å². The summed E-state index contributed by atoms with van der Waals surface area (Å²) in [6.07, 6.45) is 31.5. The number of aryl methyl sites for hydroxylation is 4. The highest BCUT2D eigenvalue weighted by atomic mass is 35.5. The summed E-state index contributed by atoms with van der Waals surface area (Å²) in [5.41, 5.74) is 5.66. The third-order valence-electron chi connectivity index (χ3n) is 13.6. The second-order valence-electron chi connectivity index (χ2n) is 19.0. The molecule has 8 aromatic heterocycles. The fourth-order valence-corrected chi connectivity index (χ4v) is 19.4. The lowest BCUT2D eigenvalue weighted by atomic mass is 10.0. The Kier molecular flexibility index (Phi) is 21.9. The minimum atomic E-state index is 0.908. The van der Waals surface area contributed by atoms with Gasteiger partial charge in [-0.25, -0.2) is 0 Å². The van der Waals surface area contributed by atoms with Crippen LogP contribution in [0.4, 0.5) is 0 Å². The van der Waals surface area contributed by atoms with Gasteiger partial charge in [-0.05, 0) is 134 Å². The molecule has 8 heterocycles. The minimum Gasteiger partial charge on any atom is -0.134 e. The van der Waals surface area contributed by atoms with Gasteiger partial charge < -0.3 is 0 Å². The molecule has 70 heavy (non-hydrogen) atoms. The summed E-state index contributed by atoms with van der Waals surface area (Å²) in [7, 11) is 0. The molecule has 0 N–H and O–H groups in total. The molecular weight excluding hydrogens is 1050 g/mol. The minimum absolute atomic E-state index is 0.908. The Hall–Kier alpha value is -1.82. The number of hydrogen-bond acceptors (Lipinski definition) is 8. The molecule has 0 radical (unpaired) electrons. The first-order chi connectivity index (χ1) is 34.3. The summed E-state index contributed by atoms with van der Waals surface area (Å²) in [5, 5.41) is 0. The Morgan fingerprint density at radius 2 is 0.614 bits per heavy atom. The van der Waals surface area contributed by atoms with Crippen LogP contribution in [0.1, 0.15) is 178 Å². The van der Waals surface area contributed by atoms with Gasteiger partial charge in [-0.2, -0.15) is 0 Å². The Balaban J connectivity index is 0.877. The van der Waals surface area contributed by atoms with Gasteiger partial charge in [-0.3, -0.25) is 0 Å². The molecule has 0 aromatic carbocycles. The summed E-state index contributed by atoms with van der Waals surface area (Å²) in [4.78, 5) is 19.1. The van der Waals surface area contributed by atoms with Crippen molar-refractivity contribution in [2.24, 2.45) is 0 Å². The first-order valence-corrected chi connectivity index (χ1v) is 33.9. The molecule has 0 aliphatic heterocycles. The lowest BCUT2D eigenvalue weighted by Gasteiger charge is -2.04. The number of halogens is 2. The molecule has 0 nitrogen and oxygen atoms in total. The molecule has 10 heteroatoms. The molecule has 0 aliphatic rings. The summed E-state index contributed by atoms with van der Waals surface area (Å²) < 4.78 is 1.88. The third kappa shape index (κ3) is 14.7. The van der Waals surface area contributed by atoms with E-state index < -0.39 is 0 Å². The summed E-state index contributed by atoms with van der Waals surface area (Å²) >= 11 is 28.7. The Bertz CT molecular complexity index is 2790. The van der Waals surface area contributed by atoms with Crippen molar-refractivity contribution in [2.45, 2.75) is 182 Å². The summed E-state index contributed by atoms with van der Waals surface area (Å²) in [5.74, 6) is 0. The van der Waals surface area contributed by atoms with Gasteiger partial charge in [0.15, 0.2) is 0 Å². The zero-order valence-electron chi connectivity index (χ0n) is 41.9. The van der Waals surface area contributed by atoms with E-state index in [1.54, 1.807) is 22.7 Å². The van der Waals surface area contributed by atoms with Gasteiger partial charge in [-0.1, -0.05) is 166 Å². The summed E-state index contributed by atoms with van der Waals surface area (Å²) in [6, 6.07) is 28.2. The van der Waals surface area contributed by atoms with Crippen LogP contribution in [0.3, 0.4) is 0 Å². The maximum Gasteiger partial charge on any atom is 0.0967 e. The fourth-order valence-electron chi connectivity index (χ4n) is 9.52. The fraction of sp³-hybridized carbons (Fsp3) is 0.467. The van der Waals surface area contributed by atoms with E-state index in [2.05, 4.69) is 100 Å². The van der Waals surface area contributed by atoms with Crippen LogP contribution in [0.2, 0.25) is 8.67 Å². The molecule has 374 valence electrons. The Morgan fingerprint density at radius 1 is 0.286 bits per heavy atom. The number of thiophene rings is 8. The lowest BCUT2D eigenvalue weighted by molar-refractivity contribution is 0.556. The average molecular weight is 1120 g/mol. The van der Waals surface area contributed by atoms with E-state index in [0.717, 1.165) is 34.4 Å². The van der Waals surface area contributed by atoms with Gasteiger partial charge in [0.05, 0.1) is 8.67 Å². The summed E-state index contributed by atoms with van der Waals surface area (Å²) in [6.45, 7) is 9.21. The quantitative estimate of drug-likeness (QED) is 0.0380. The van der Waals surface area contributed by atoms with Crippen molar-refractivity contribution in [2.75, 3.05) is 0 Å². The largest absolute Gasteiger partial charge is 0.134 e. The van der Waals surface area contributed by atoms with Crippen molar-refractivity contribution in [3.05, 3.63) is 104 Å². The van der Waals surface area contributed by atoms with Gasteiger partial charge >= 0.3 is 0 Å². The van der Waals surface area contributed by atoms with Crippen molar-refractivity contribution in [3.63, 3.8) is 0 Å². The second-order valence-corrected chi connectivity index (χ2v) is 28.7. The van der Waals surface area contributed by atoms with Crippen molar-refractivity contribution in [1.82, 2.24) is 0 Å². The SMILES string of the molecule is CCCCCCCCCCCCc1cc(-c2ccc(-c3ccc(-c4sc(-c5sc(-c6ccc(-c7ccc(-c8sc(Cl)cc8CCCCCCCCCCCC)s7)s6)cc5CC)cc4CC)s3)s2)sc1Cl. The molecule has 0 saturated heterocycles. The highest BCUT2D eigenvalue weighted by Crippen LogP contribution is 2.51.